The third-order valence-corrected chi connectivity index (χ3v) is 2.68. The van der Waals surface area contributed by atoms with Crippen molar-refractivity contribution >= 4 is 5.78 Å². The van der Waals surface area contributed by atoms with E-state index in [0.717, 1.165) is 37.0 Å². The van der Waals surface area contributed by atoms with Crippen molar-refractivity contribution in [2.75, 3.05) is 0 Å². The lowest BCUT2D eigenvalue weighted by Crippen LogP contribution is -2.22. The van der Waals surface area contributed by atoms with Crippen LogP contribution in [0.1, 0.15) is 25.7 Å². The Labute approximate surface area is 72.1 Å². The van der Waals surface area contributed by atoms with E-state index in [1.54, 1.807) is 0 Å². The molecule has 1 fully saturated rings. The first-order chi connectivity index (χ1) is 5.77. The van der Waals surface area contributed by atoms with E-state index in [2.05, 4.69) is 0 Å². The maximum absolute atomic E-state index is 11.4. The minimum Gasteiger partial charge on any atom is -0.399 e. The highest BCUT2D eigenvalue weighted by atomic mass is 16.1. The molecule has 1 unspecified atom stereocenters. The second-order valence-electron chi connectivity index (χ2n) is 3.55. The molecule has 0 radical (unpaired) electrons. The highest BCUT2D eigenvalue weighted by molar-refractivity contribution is 5.97. The average molecular weight is 163 g/mol. The summed E-state index contributed by atoms with van der Waals surface area (Å²) in [7, 11) is 0. The van der Waals surface area contributed by atoms with Gasteiger partial charge in [-0.3, -0.25) is 4.79 Å². The van der Waals surface area contributed by atoms with Gasteiger partial charge < -0.3 is 5.73 Å². The van der Waals surface area contributed by atoms with E-state index in [1.807, 2.05) is 12.2 Å². The molecule has 2 nitrogen and oxygen atoms in total. The normalized spacial score (nSPS) is 29.0. The molecule has 0 aromatic carbocycles. The summed E-state index contributed by atoms with van der Waals surface area (Å²) in [6, 6.07) is 0. The molecule has 0 spiro atoms. The molecule has 0 aromatic rings. The Morgan fingerprint density at radius 2 is 2.33 bits per heavy atom. The fraction of sp³-hybridized carbons (Fsp3) is 0.500. The smallest absolute Gasteiger partial charge is 0.159 e. The van der Waals surface area contributed by atoms with E-state index in [0.29, 0.717) is 11.7 Å². The van der Waals surface area contributed by atoms with Gasteiger partial charge in [-0.25, -0.2) is 0 Å². The van der Waals surface area contributed by atoms with Crippen molar-refractivity contribution in [2.24, 2.45) is 11.7 Å². The van der Waals surface area contributed by atoms with Crippen LogP contribution in [0.5, 0.6) is 0 Å². The van der Waals surface area contributed by atoms with Crippen molar-refractivity contribution < 1.29 is 4.79 Å². The number of nitrogens with two attached hydrogens (primary N) is 1. The summed E-state index contributed by atoms with van der Waals surface area (Å²) in [5.41, 5.74) is 7.37. The maximum atomic E-state index is 11.4. The number of Topliss-reactive ketones (excluding diaryl/α,β-unsaturated/α-hetero) is 1. The third-order valence-electron chi connectivity index (χ3n) is 2.68. The molecule has 1 atom stereocenters. The second kappa shape index (κ2) is 2.77. The van der Waals surface area contributed by atoms with E-state index >= 15 is 0 Å². The van der Waals surface area contributed by atoms with E-state index in [-0.39, 0.29) is 0 Å². The molecule has 0 saturated heterocycles. The van der Waals surface area contributed by atoms with Gasteiger partial charge in [-0.2, -0.15) is 0 Å². The van der Waals surface area contributed by atoms with Crippen LogP contribution in [0.2, 0.25) is 0 Å². The summed E-state index contributed by atoms with van der Waals surface area (Å²) >= 11 is 0. The summed E-state index contributed by atoms with van der Waals surface area (Å²) in [6.45, 7) is 0. The molecule has 2 aliphatic rings. The summed E-state index contributed by atoms with van der Waals surface area (Å²) in [6.07, 6.45) is 7.76. The molecule has 0 amide bonds. The van der Waals surface area contributed by atoms with Crippen molar-refractivity contribution in [3.8, 4) is 0 Å². The number of carbonyl (C=O) groups is 1. The van der Waals surface area contributed by atoms with Gasteiger partial charge in [0.15, 0.2) is 5.78 Å². The van der Waals surface area contributed by atoms with Crippen molar-refractivity contribution in [2.45, 2.75) is 25.7 Å². The molecule has 0 aromatic heterocycles. The van der Waals surface area contributed by atoms with Gasteiger partial charge in [0.25, 0.3) is 0 Å². The maximum Gasteiger partial charge on any atom is 0.159 e. The first-order valence-electron chi connectivity index (χ1n) is 4.48. The van der Waals surface area contributed by atoms with Crippen molar-refractivity contribution in [1.82, 2.24) is 0 Å². The lowest BCUT2D eigenvalue weighted by molar-refractivity contribution is -0.117. The van der Waals surface area contributed by atoms with Gasteiger partial charge in [0.1, 0.15) is 0 Å². The molecule has 2 N–H and O–H groups in total. The molecular weight excluding hydrogens is 150 g/mol. The molecule has 2 heteroatoms. The molecular formula is C10H13NO. The highest BCUT2D eigenvalue weighted by Gasteiger charge is 2.26. The van der Waals surface area contributed by atoms with E-state index < -0.39 is 0 Å². The van der Waals surface area contributed by atoms with Crippen molar-refractivity contribution in [3.05, 3.63) is 23.4 Å². The number of ketones is 1. The standard InChI is InChI=1S/C10H13NO/c11-8-5-4-7-2-1-3-10(12)9(7)6-8/h5-7H,1-4,11H2. The summed E-state index contributed by atoms with van der Waals surface area (Å²) < 4.78 is 0. The Morgan fingerprint density at radius 1 is 1.50 bits per heavy atom. The molecule has 1 saturated carbocycles. The van der Waals surface area contributed by atoms with Crippen LogP contribution in [-0.2, 0) is 4.79 Å². The predicted octanol–water partition coefficient (Wildman–Crippen LogP) is 1.53. The molecule has 12 heavy (non-hydrogen) atoms. The molecule has 2 aliphatic carbocycles. The van der Waals surface area contributed by atoms with Crippen LogP contribution in [0.25, 0.3) is 0 Å². The molecule has 0 heterocycles. The summed E-state index contributed by atoms with van der Waals surface area (Å²) in [5, 5.41) is 0. The zero-order valence-electron chi connectivity index (χ0n) is 7.05. The van der Waals surface area contributed by atoms with E-state index in [4.69, 9.17) is 5.73 Å². The first kappa shape index (κ1) is 7.59. The number of allylic oxidation sites excluding steroid dienone is 3. The SMILES string of the molecule is NC1=CCC2CCCC(=O)C2=C1. The number of rotatable bonds is 0. The Hall–Kier alpha value is -1.05. The minimum absolute atomic E-state index is 0.308. The summed E-state index contributed by atoms with van der Waals surface area (Å²) in [4.78, 5) is 11.4. The first-order valence-corrected chi connectivity index (χ1v) is 4.48. The largest absolute Gasteiger partial charge is 0.399 e. The predicted molar refractivity (Wildman–Crippen MR) is 47.3 cm³/mol. The van der Waals surface area contributed by atoms with Crippen molar-refractivity contribution in [3.63, 3.8) is 0 Å². The van der Waals surface area contributed by atoms with Gasteiger partial charge >= 0.3 is 0 Å². The van der Waals surface area contributed by atoms with Gasteiger partial charge in [0.05, 0.1) is 0 Å². The molecule has 2 rings (SSSR count). The number of carbonyl (C=O) groups excluding carboxylic acids is 1. The fourth-order valence-electron chi connectivity index (χ4n) is 2.00. The Balaban J connectivity index is 2.29. The van der Waals surface area contributed by atoms with Gasteiger partial charge in [-0.05, 0) is 31.3 Å². The lowest BCUT2D eigenvalue weighted by atomic mass is 9.79. The fourth-order valence-corrected chi connectivity index (χ4v) is 2.00. The van der Waals surface area contributed by atoms with E-state index in [1.165, 1.54) is 0 Å². The molecule has 0 aliphatic heterocycles. The van der Waals surface area contributed by atoms with Crippen LogP contribution < -0.4 is 5.73 Å². The number of hydrogen-bond donors (Lipinski definition) is 1. The topological polar surface area (TPSA) is 43.1 Å². The third kappa shape index (κ3) is 1.17. The van der Waals surface area contributed by atoms with Crippen LogP contribution >= 0.6 is 0 Å². The minimum atomic E-state index is 0.308. The van der Waals surface area contributed by atoms with Gasteiger partial charge in [-0.1, -0.05) is 6.08 Å². The Kier molecular flexibility index (Phi) is 1.75. The second-order valence-corrected chi connectivity index (χ2v) is 3.55. The van der Waals surface area contributed by atoms with Crippen LogP contribution in [0.4, 0.5) is 0 Å². The van der Waals surface area contributed by atoms with Crippen LogP contribution in [0.15, 0.2) is 23.4 Å². The zero-order valence-corrected chi connectivity index (χ0v) is 7.05. The highest BCUT2D eigenvalue weighted by Crippen LogP contribution is 2.32. The molecule has 0 bridgehead atoms. The van der Waals surface area contributed by atoms with Gasteiger partial charge in [0, 0.05) is 17.7 Å². The van der Waals surface area contributed by atoms with Crippen LogP contribution in [-0.4, -0.2) is 5.78 Å². The Bertz CT molecular complexity index is 276. The lowest BCUT2D eigenvalue weighted by Gasteiger charge is -2.25. The van der Waals surface area contributed by atoms with Gasteiger partial charge in [0.2, 0.25) is 0 Å². The quantitative estimate of drug-likeness (QED) is 0.588. The summed E-state index contributed by atoms with van der Waals surface area (Å²) in [5.74, 6) is 0.779. The zero-order chi connectivity index (χ0) is 8.55. The number of fused-ring (bicyclic) bond motifs is 1. The van der Waals surface area contributed by atoms with Gasteiger partial charge in [-0.15, -0.1) is 0 Å². The average Bonchev–Trinajstić information content (AvgIpc) is 2.07. The van der Waals surface area contributed by atoms with Crippen LogP contribution in [0, 0.1) is 5.92 Å². The Morgan fingerprint density at radius 3 is 3.17 bits per heavy atom. The van der Waals surface area contributed by atoms with E-state index in [9.17, 15) is 4.79 Å². The number of hydrogen-bond acceptors (Lipinski definition) is 2. The monoisotopic (exact) mass is 163 g/mol. The molecule has 64 valence electrons. The van der Waals surface area contributed by atoms with Crippen LogP contribution in [0.3, 0.4) is 0 Å². The van der Waals surface area contributed by atoms with Crippen molar-refractivity contribution in [1.29, 1.82) is 0 Å².